The van der Waals surface area contributed by atoms with E-state index in [1.807, 2.05) is 10.7 Å². The topological polar surface area (TPSA) is 70.6 Å². The second kappa shape index (κ2) is 8.07. The molecule has 0 atom stereocenters. The Morgan fingerprint density at radius 2 is 1.81 bits per heavy atom. The third kappa shape index (κ3) is 5.20. The summed E-state index contributed by atoms with van der Waals surface area (Å²) in [6, 6.07) is 5.69. The molecule has 0 spiro atoms. The Kier molecular flexibility index (Phi) is 6.27. The van der Waals surface area contributed by atoms with Crippen molar-refractivity contribution in [2.75, 3.05) is 5.32 Å². The van der Waals surface area contributed by atoms with Crippen LogP contribution in [0.4, 0.5) is 18.9 Å². The summed E-state index contributed by atoms with van der Waals surface area (Å²) in [5.41, 5.74) is 1.06. The van der Waals surface area contributed by atoms with Crippen molar-refractivity contribution in [1.82, 2.24) is 5.43 Å². The average molecular weight is 424 g/mol. The van der Waals surface area contributed by atoms with Crippen LogP contribution in [0.2, 0.25) is 9.36 Å². The van der Waals surface area contributed by atoms with Crippen molar-refractivity contribution < 1.29 is 22.8 Å². The monoisotopic (exact) mass is 423 g/mol. The first-order valence-electron chi connectivity index (χ1n) is 6.86. The standard InChI is InChI=1S/C15H10Cl2F3N3O2S/c1-7(11-4-5-12(17)26-11)22-23-14(25)13(24)21-10-6-8(15(18,19)20)2-3-9(10)16/h2-6H,1H3,(H,21,24)(H,23,25)/b22-7+. The zero-order chi connectivity index (χ0) is 19.5. The predicted octanol–water partition coefficient (Wildman–Crippen LogP) is 4.55. The smallest absolute Gasteiger partial charge is 0.316 e. The first-order chi connectivity index (χ1) is 12.1. The number of carbonyl (C=O) groups is 2. The van der Waals surface area contributed by atoms with Crippen LogP contribution in [0.15, 0.2) is 35.4 Å². The van der Waals surface area contributed by atoms with Gasteiger partial charge in [0, 0.05) is 0 Å². The molecule has 2 N–H and O–H groups in total. The molecule has 1 aromatic carbocycles. The summed E-state index contributed by atoms with van der Waals surface area (Å²) in [6.07, 6.45) is -4.62. The van der Waals surface area contributed by atoms with Gasteiger partial charge in [0.1, 0.15) is 0 Å². The number of amides is 2. The maximum atomic E-state index is 12.7. The Hall–Kier alpha value is -2.10. The van der Waals surface area contributed by atoms with Crippen molar-refractivity contribution in [2.24, 2.45) is 5.10 Å². The second-order valence-electron chi connectivity index (χ2n) is 4.89. The fraction of sp³-hybridized carbons (Fsp3) is 0.133. The van der Waals surface area contributed by atoms with Crippen molar-refractivity contribution in [2.45, 2.75) is 13.1 Å². The van der Waals surface area contributed by atoms with Crippen molar-refractivity contribution >= 4 is 57.8 Å². The van der Waals surface area contributed by atoms with Gasteiger partial charge in [-0.05, 0) is 37.3 Å². The molecule has 0 aliphatic heterocycles. The Labute approximate surface area is 159 Å². The highest BCUT2D eigenvalue weighted by Gasteiger charge is 2.31. The highest BCUT2D eigenvalue weighted by Crippen LogP contribution is 2.33. The normalized spacial score (nSPS) is 12.0. The number of nitrogens with one attached hydrogen (secondary N) is 2. The molecule has 2 amide bonds. The molecule has 0 saturated carbocycles. The lowest BCUT2D eigenvalue weighted by atomic mass is 10.2. The van der Waals surface area contributed by atoms with Gasteiger partial charge in [-0.2, -0.15) is 18.3 Å². The van der Waals surface area contributed by atoms with E-state index in [4.69, 9.17) is 23.2 Å². The van der Waals surface area contributed by atoms with Crippen LogP contribution in [0.1, 0.15) is 17.4 Å². The number of hydrogen-bond acceptors (Lipinski definition) is 4. The number of hydrogen-bond donors (Lipinski definition) is 2. The summed E-state index contributed by atoms with van der Waals surface area (Å²) in [4.78, 5) is 24.3. The molecule has 11 heteroatoms. The summed E-state index contributed by atoms with van der Waals surface area (Å²) in [7, 11) is 0. The van der Waals surface area contributed by atoms with E-state index in [1.54, 1.807) is 19.1 Å². The molecule has 0 bridgehead atoms. The van der Waals surface area contributed by atoms with Crippen molar-refractivity contribution in [3.63, 3.8) is 0 Å². The lowest BCUT2D eigenvalue weighted by Gasteiger charge is -2.11. The summed E-state index contributed by atoms with van der Waals surface area (Å²) in [6.45, 7) is 1.59. The van der Waals surface area contributed by atoms with Crippen LogP contribution in [0.25, 0.3) is 0 Å². The maximum absolute atomic E-state index is 12.7. The third-order valence-corrected chi connectivity index (χ3v) is 4.67. The zero-order valence-electron chi connectivity index (χ0n) is 12.9. The van der Waals surface area contributed by atoms with Crippen LogP contribution in [0.5, 0.6) is 0 Å². The molecule has 0 unspecified atom stereocenters. The number of halogens is 5. The van der Waals surface area contributed by atoms with Gasteiger partial charge < -0.3 is 5.32 Å². The van der Waals surface area contributed by atoms with Crippen LogP contribution in [0, 0.1) is 0 Å². The van der Waals surface area contributed by atoms with Gasteiger partial charge in [-0.3, -0.25) is 9.59 Å². The van der Waals surface area contributed by atoms with Gasteiger partial charge in [0.05, 0.1) is 31.2 Å². The van der Waals surface area contributed by atoms with E-state index in [0.29, 0.717) is 21.0 Å². The van der Waals surface area contributed by atoms with E-state index in [0.717, 1.165) is 12.1 Å². The predicted molar refractivity (Wildman–Crippen MR) is 94.8 cm³/mol. The molecule has 5 nitrogen and oxygen atoms in total. The Morgan fingerprint density at radius 1 is 1.12 bits per heavy atom. The first kappa shape index (κ1) is 20.2. The average Bonchev–Trinajstić information content (AvgIpc) is 2.99. The molecule has 1 heterocycles. The minimum Gasteiger partial charge on any atom is -0.316 e. The van der Waals surface area contributed by atoms with Crippen molar-refractivity contribution in [1.29, 1.82) is 0 Å². The number of benzene rings is 1. The number of anilines is 1. The van der Waals surface area contributed by atoms with E-state index >= 15 is 0 Å². The molecular weight excluding hydrogens is 414 g/mol. The summed E-state index contributed by atoms with van der Waals surface area (Å²) >= 11 is 12.8. The summed E-state index contributed by atoms with van der Waals surface area (Å²) in [5, 5.41) is 5.62. The number of hydrazone groups is 1. The molecule has 0 saturated heterocycles. The Morgan fingerprint density at radius 3 is 2.38 bits per heavy atom. The number of alkyl halides is 3. The van der Waals surface area contributed by atoms with Gasteiger partial charge >= 0.3 is 18.0 Å². The van der Waals surface area contributed by atoms with Crippen molar-refractivity contribution in [3.8, 4) is 0 Å². The first-order valence-corrected chi connectivity index (χ1v) is 8.43. The fourth-order valence-electron chi connectivity index (χ4n) is 1.73. The molecule has 2 aromatic rings. The molecule has 2 rings (SSSR count). The van der Waals surface area contributed by atoms with E-state index in [9.17, 15) is 22.8 Å². The fourth-order valence-corrected chi connectivity index (χ4v) is 2.88. The van der Waals surface area contributed by atoms with E-state index in [2.05, 4.69) is 5.10 Å². The molecular formula is C15H10Cl2F3N3O2S. The Balaban J connectivity index is 2.06. The van der Waals surface area contributed by atoms with E-state index < -0.39 is 23.6 Å². The van der Waals surface area contributed by atoms with Crippen LogP contribution >= 0.6 is 34.5 Å². The van der Waals surface area contributed by atoms with Gasteiger partial charge in [-0.15, -0.1) is 11.3 Å². The highest BCUT2D eigenvalue weighted by molar-refractivity contribution is 7.18. The van der Waals surface area contributed by atoms with Crippen LogP contribution in [-0.2, 0) is 15.8 Å². The van der Waals surface area contributed by atoms with E-state index in [1.165, 1.54) is 11.3 Å². The SMILES string of the molecule is C/C(=N\NC(=O)C(=O)Nc1cc(C(F)(F)F)ccc1Cl)c1ccc(Cl)s1. The third-order valence-electron chi connectivity index (χ3n) is 3.00. The lowest BCUT2D eigenvalue weighted by Crippen LogP contribution is -2.33. The second-order valence-corrected chi connectivity index (χ2v) is 7.01. The van der Waals surface area contributed by atoms with Crippen LogP contribution < -0.4 is 10.7 Å². The highest BCUT2D eigenvalue weighted by atomic mass is 35.5. The molecule has 138 valence electrons. The quantitative estimate of drug-likeness (QED) is 0.431. The summed E-state index contributed by atoms with van der Waals surface area (Å²) < 4.78 is 38.6. The maximum Gasteiger partial charge on any atom is 0.416 e. The molecule has 0 aliphatic rings. The molecule has 0 aliphatic carbocycles. The van der Waals surface area contributed by atoms with Gasteiger partial charge in [-0.25, -0.2) is 5.43 Å². The molecule has 0 radical (unpaired) electrons. The molecule has 26 heavy (non-hydrogen) atoms. The zero-order valence-corrected chi connectivity index (χ0v) is 15.3. The Bertz CT molecular complexity index is 881. The van der Waals surface area contributed by atoms with Gasteiger partial charge in [-0.1, -0.05) is 23.2 Å². The minimum absolute atomic E-state index is 0.146. The molecule has 1 aromatic heterocycles. The van der Waals surface area contributed by atoms with Gasteiger partial charge in [0.15, 0.2) is 0 Å². The number of nitrogens with zero attached hydrogens (tertiary/aromatic N) is 1. The van der Waals surface area contributed by atoms with E-state index in [-0.39, 0.29) is 10.7 Å². The number of thiophene rings is 1. The molecule has 0 fully saturated rings. The minimum atomic E-state index is -4.62. The number of carbonyl (C=O) groups excluding carboxylic acids is 2. The van der Waals surface area contributed by atoms with Crippen LogP contribution in [0.3, 0.4) is 0 Å². The number of rotatable bonds is 3. The lowest BCUT2D eigenvalue weighted by molar-refractivity contribution is -0.137. The van der Waals surface area contributed by atoms with Crippen LogP contribution in [-0.4, -0.2) is 17.5 Å². The largest absolute Gasteiger partial charge is 0.416 e. The van der Waals surface area contributed by atoms with Crippen molar-refractivity contribution in [3.05, 3.63) is 50.1 Å². The van der Waals surface area contributed by atoms with Gasteiger partial charge in [0.2, 0.25) is 0 Å². The summed E-state index contributed by atoms with van der Waals surface area (Å²) in [5.74, 6) is -2.38. The van der Waals surface area contributed by atoms with Gasteiger partial charge in [0.25, 0.3) is 0 Å².